The standard InChI is InChI=1S/C25H27N7O/c33-25(5-1-6-25)20-12-17-16(4-7-28-22(17)30-20)23-29-19-14-27-13-18(15-2-3-15)21(19)24(31-23)32-10-8-26-9-11-32/h4,7,12-15,26,33H,1-3,5-6,8-11H2,(H,28,30). The normalized spacial score (nSPS) is 20.3. The Morgan fingerprint density at radius 3 is 2.70 bits per heavy atom. The van der Waals surface area contributed by atoms with Crippen LogP contribution in [0.5, 0.6) is 0 Å². The topological polar surface area (TPSA) is 103 Å². The van der Waals surface area contributed by atoms with E-state index in [-0.39, 0.29) is 0 Å². The van der Waals surface area contributed by atoms with Crippen LogP contribution in [0.4, 0.5) is 5.82 Å². The van der Waals surface area contributed by atoms with Crippen LogP contribution in [0.1, 0.15) is 49.3 Å². The van der Waals surface area contributed by atoms with Crippen molar-refractivity contribution in [2.75, 3.05) is 31.1 Å². The van der Waals surface area contributed by atoms with Crippen LogP contribution in [0.3, 0.4) is 0 Å². The number of fused-ring (bicyclic) bond motifs is 2. The highest BCUT2D eigenvalue weighted by Gasteiger charge is 2.38. The molecule has 8 nitrogen and oxygen atoms in total. The van der Waals surface area contributed by atoms with E-state index in [1.807, 2.05) is 24.5 Å². The van der Waals surface area contributed by atoms with Crippen molar-refractivity contribution in [2.45, 2.75) is 43.6 Å². The summed E-state index contributed by atoms with van der Waals surface area (Å²) in [5.41, 5.74) is 3.95. The minimum Gasteiger partial charge on any atom is -0.384 e. The first-order valence-electron chi connectivity index (χ1n) is 12.0. The van der Waals surface area contributed by atoms with E-state index in [0.29, 0.717) is 11.7 Å². The van der Waals surface area contributed by atoms with E-state index >= 15 is 0 Å². The fourth-order valence-electron chi connectivity index (χ4n) is 5.27. The summed E-state index contributed by atoms with van der Waals surface area (Å²) in [5, 5.41) is 16.4. The monoisotopic (exact) mass is 441 g/mol. The average Bonchev–Trinajstić information content (AvgIpc) is 3.59. The molecule has 3 aliphatic rings. The summed E-state index contributed by atoms with van der Waals surface area (Å²) in [4.78, 5) is 25.0. The smallest absolute Gasteiger partial charge is 0.163 e. The summed E-state index contributed by atoms with van der Waals surface area (Å²) in [6.07, 6.45) is 10.7. The van der Waals surface area contributed by atoms with E-state index in [2.05, 4.69) is 25.2 Å². The minimum atomic E-state index is -0.767. The molecule has 4 aromatic rings. The lowest BCUT2D eigenvalue weighted by Crippen LogP contribution is -2.44. The summed E-state index contributed by atoms with van der Waals surface area (Å²) in [6.45, 7) is 3.74. The van der Waals surface area contributed by atoms with Crippen LogP contribution in [0, 0.1) is 0 Å². The molecular formula is C25H27N7O. The molecule has 0 aromatic carbocycles. The zero-order chi connectivity index (χ0) is 22.0. The van der Waals surface area contributed by atoms with Crippen LogP contribution in [-0.2, 0) is 5.60 Å². The predicted octanol–water partition coefficient (Wildman–Crippen LogP) is 3.23. The van der Waals surface area contributed by atoms with Gasteiger partial charge in [0.15, 0.2) is 5.82 Å². The van der Waals surface area contributed by atoms with Crippen molar-refractivity contribution < 1.29 is 5.11 Å². The first kappa shape index (κ1) is 19.4. The molecule has 3 N–H and O–H groups in total. The Morgan fingerprint density at radius 2 is 1.94 bits per heavy atom. The van der Waals surface area contributed by atoms with E-state index < -0.39 is 5.60 Å². The Hall–Kier alpha value is -3.10. The summed E-state index contributed by atoms with van der Waals surface area (Å²) < 4.78 is 0. The van der Waals surface area contributed by atoms with E-state index in [1.54, 1.807) is 6.20 Å². The second-order valence-corrected chi connectivity index (χ2v) is 9.69. The van der Waals surface area contributed by atoms with E-state index in [1.165, 1.54) is 18.4 Å². The Balaban J connectivity index is 1.43. The van der Waals surface area contributed by atoms with Gasteiger partial charge in [-0.1, -0.05) is 0 Å². The fourth-order valence-corrected chi connectivity index (χ4v) is 5.27. The Kier molecular flexibility index (Phi) is 4.23. The lowest BCUT2D eigenvalue weighted by Gasteiger charge is -2.35. The Labute approximate surface area is 191 Å². The number of nitrogens with zero attached hydrogens (tertiary/aromatic N) is 5. The molecule has 0 bridgehead atoms. The van der Waals surface area contributed by atoms with Crippen molar-refractivity contribution in [1.82, 2.24) is 30.2 Å². The van der Waals surface area contributed by atoms with Gasteiger partial charge in [-0.2, -0.15) is 0 Å². The fraction of sp³-hybridized carbons (Fsp3) is 0.440. The van der Waals surface area contributed by atoms with Gasteiger partial charge >= 0.3 is 0 Å². The first-order valence-corrected chi connectivity index (χ1v) is 12.0. The maximum atomic E-state index is 10.9. The molecule has 0 spiro atoms. The summed E-state index contributed by atoms with van der Waals surface area (Å²) in [7, 11) is 0. The van der Waals surface area contributed by atoms with Crippen LogP contribution < -0.4 is 10.2 Å². The molecule has 5 heterocycles. The Morgan fingerprint density at radius 1 is 1.09 bits per heavy atom. The molecule has 168 valence electrons. The molecule has 3 fully saturated rings. The van der Waals surface area contributed by atoms with Gasteiger partial charge in [0.25, 0.3) is 0 Å². The average molecular weight is 442 g/mol. The number of nitrogens with one attached hydrogen (secondary N) is 2. The van der Waals surface area contributed by atoms with Crippen LogP contribution >= 0.6 is 0 Å². The second kappa shape index (κ2) is 7.20. The van der Waals surface area contributed by atoms with Gasteiger partial charge in [-0.05, 0) is 55.7 Å². The van der Waals surface area contributed by atoms with Gasteiger partial charge in [0.05, 0.1) is 11.7 Å². The molecule has 33 heavy (non-hydrogen) atoms. The SMILES string of the molecule is OC1(c2cc3c(-c4nc(N5CCNCC5)c5c(C6CC6)cncc5n4)ccnc3[nH]2)CCC1. The third-order valence-corrected chi connectivity index (χ3v) is 7.51. The molecule has 8 heteroatoms. The van der Waals surface area contributed by atoms with Crippen LogP contribution in [0.25, 0.3) is 33.3 Å². The summed E-state index contributed by atoms with van der Waals surface area (Å²) >= 11 is 0. The van der Waals surface area contributed by atoms with Gasteiger partial charge in [0, 0.05) is 60.6 Å². The van der Waals surface area contributed by atoms with Crippen LogP contribution in [0.2, 0.25) is 0 Å². The van der Waals surface area contributed by atoms with Crippen molar-refractivity contribution in [3.8, 4) is 11.4 Å². The molecule has 0 amide bonds. The number of H-pyrrole nitrogens is 1. The van der Waals surface area contributed by atoms with Gasteiger partial charge in [0.1, 0.15) is 17.1 Å². The van der Waals surface area contributed by atoms with Crippen molar-refractivity contribution in [1.29, 1.82) is 0 Å². The number of piperazine rings is 1. The molecule has 0 radical (unpaired) electrons. The number of hydrogen-bond donors (Lipinski definition) is 3. The molecule has 7 rings (SSSR count). The number of rotatable bonds is 4. The van der Waals surface area contributed by atoms with Crippen molar-refractivity contribution in [2.24, 2.45) is 0 Å². The highest BCUT2D eigenvalue weighted by Crippen LogP contribution is 2.45. The highest BCUT2D eigenvalue weighted by atomic mass is 16.3. The maximum absolute atomic E-state index is 10.9. The molecule has 1 aliphatic heterocycles. The number of pyridine rings is 2. The number of aliphatic hydroxyl groups is 1. The third kappa shape index (κ3) is 3.12. The van der Waals surface area contributed by atoms with E-state index in [9.17, 15) is 5.11 Å². The first-order chi connectivity index (χ1) is 16.2. The van der Waals surface area contributed by atoms with Gasteiger partial charge in [-0.25, -0.2) is 15.0 Å². The van der Waals surface area contributed by atoms with Gasteiger partial charge in [0.2, 0.25) is 0 Å². The van der Waals surface area contributed by atoms with Gasteiger partial charge < -0.3 is 20.3 Å². The zero-order valence-corrected chi connectivity index (χ0v) is 18.5. The molecule has 2 aliphatic carbocycles. The largest absolute Gasteiger partial charge is 0.384 e. The number of aromatic nitrogens is 5. The quantitative estimate of drug-likeness (QED) is 0.447. The van der Waals surface area contributed by atoms with Crippen molar-refractivity contribution in [3.63, 3.8) is 0 Å². The predicted molar refractivity (Wildman–Crippen MR) is 127 cm³/mol. The van der Waals surface area contributed by atoms with Gasteiger partial charge in [-0.15, -0.1) is 0 Å². The maximum Gasteiger partial charge on any atom is 0.163 e. The lowest BCUT2D eigenvalue weighted by molar-refractivity contribution is -0.0420. The molecule has 2 saturated carbocycles. The molecule has 0 unspecified atom stereocenters. The van der Waals surface area contributed by atoms with Crippen molar-refractivity contribution >= 4 is 27.8 Å². The molecule has 1 saturated heterocycles. The van der Waals surface area contributed by atoms with E-state index in [4.69, 9.17) is 9.97 Å². The summed E-state index contributed by atoms with van der Waals surface area (Å²) in [6, 6.07) is 4.01. The minimum absolute atomic E-state index is 0.570. The number of hydrogen-bond acceptors (Lipinski definition) is 7. The summed E-state index contributed by atoms with van der Waals surface area (Å²) in [5.74, 6) is 2.27. The second-order valence-electron chi connectivity index (χ2n) is 9.69. The highest BCUT2D eigenvalue weighted by molar-refractivity contribution is 5.97. The van der Waals surface area contributed by atoms with E-state index in [0.717, 1.165) is 84.5 Å². The molecule has 4 aromatic heterocycles. The third-order valence-electron chi connectivity index (χ3n) is 7.51. The number of aromatic amines is 1. The Bertz CT molecular complexity index is 1370. The number of anilines is 1. The molecular weight excluding hydrogens is 414 g/mol. The van der Waals surface area contributed by atoms with Gasteiger partial charge in [-0.3, -0.25) is 4.98 Å². The lowest BCUT2D eigenvalue weighted by atomic mass is 9.78. The van der Waals surface area contributed by atoms with Crippen LogP contribution in [-0.4, -0.2) is 56.2 Å². The van der Waals surface area contributed by atoms with Crippen molar-refractivity contribution in [3.05, 3.63) is 42.0 Å². The molecule has 0 atom stereocenters. The zero-order valence-electron chi connectivity index (χ0n) is 18.5. The van der Waals surface area contributed by atoms with Crippen LogP contribution in [0.15, 0.2) is 30.7 Å².